The van der Waals surface area contributed by atoms with Crippen molar-refractivity contribution < 1.29 is 19.7 Å². The third kappa shape index (κ3) is 3.01. The van der Waals surface area contributed by atoms with Crippen molar-refractivity contribution in [2.75, 3.05) is 0 Å². The number of carboxylic acids is 1. The van der Waals surface area contributed by atoms with Gasteiger partial charge in [-0.1, -0.05) is 0 Å². The highest BCUT2D eigenvalue weighted by Gasteiger charge is 2.08. The molecule has 19 heavy (non-hydrogen) atoms. The van der Waals surface area contributed by atoms with Crippen molar-refractivity contribution >= 4 is 5.97 Å². The van der Waals surface area contributed by atoms with Crippen LogP contribution in [0.4, 0.5) is 0 Å². The Morgan fingerprint density at radius 2 is 1.79 bits per heavy atom. The summed E-state index contributed by atoms with van der Waals surface area (Å²) in [5, 5.41) is 26.9. The maximum Gasteiger partial charge on any atom is 0.335 e. The van der Waals surface area contributed by atoms with E-state index in [0.29, 0.717) is 11.3 Å². The molecule has 2 N–H and O–H groups in total. The number of phenolic OH excluding ortho intramolecular Hbond substituents is 1. The van der Waals surface area contributed by atoms with E-state index in [1.54, 1.807) is 24.3 Å². The number of aromatic carboxylic acids is 1. The van der Waals surface area contributed by atoms with E-state index in [0.717, 1.165) is 6.07 Å². The SMILES string of the molecule is N#Cc1ccc(Oc2cc(O)cc(C(=O)O)c2)cc1. The van der Waals surface area contributed by atoms with E-state index >= 15 is 0 Å². The third-order valence-corrected chi connectivity index (χ3v) is 2.36. The maximum atomic E-state index is 10.8. The highest BCUT2D eigenvalue weighted by Crippen LogP contribution is 2.27. The maximum absolute atomic E-state index is 10.8. The molecule has 0 saturated heterocycles. The molecule has 0 atom stereocenters. The molecule has 0 aliphatic carbocycles. The summed E-state index contributed by atoms with van der Waals surface area (Å²) in [7, 11) is 0. The van der Waals surface area contributed by atoms with Gasteiger partial charge in [0.05, 0.1) is 17.2 Å². The molecule has 2 rings (SSSR count). The molecule has 2 aromatic carbocycles. The molecule has 0 radical (unpaired) electrons. The van der Waals surface area contributed by atoms with E-state index in [-0.39, 0.29) is 17.1 Å². The highest BCUT2D eigenvalue weighted by atomic mass is 16.5. The molecule has 0 fully saturated rings. The molecule has 0 spiro atoms. The number of benzene rings is 2. The lowest BCUT2D eigenvalue weighted by Crippen LogP contribution is -1.96. The van der Waals surface area contributed by atoms with E-state index in [9.17, 15) is 9.90 Å². The van der Waals surface area contributed by atoms with Crippen LogP contribution in [-0.4, -0.2) is 16.2 Å². The average Bonchev–Trinajstić information content (AvgIpc) is 2.39. The minimum absolute atomic E-state index is 0.0661. The lowest BCUT2D eigenvalue weighted by atomic mass is 10.2. The zero-order valence-corrected chi connectivity index (χ0v) is 9.70. The Labute approximate surface area is 108 Å². The first-order chi connectivity index (χ1) is 9.08. The van der Waals surface area contributed by atoms with Crippen molar-refractivity contribution in [1.29, 1.82) is 5.26 Å². The van der Waals surface area contributed by atoms with Gasteiger partial charge in [0, 0.05) is 6.07 Å². The summed E-state index contributed by atoms with van der Waals surface area (Å²) in [5.74, 6) is -0.688. The smallest absolute Gasteiger partial charge is 0.335 e. The molecule has 0 aromatic heterocycles. The second-order valence-electron chi connectivity index (χ2n) is 3.76. The van der Waals surface area contributed by atoms with Crippen molar-refractivity contribution in [3.63, 3.8) is 0 Å². The molecule has 0 aliphatic rings. The van der Waals surface area contributed by atoms with Gasteiger partial charge in [0.25, 0.3) is 0 Å². The van der Waals surface area contributed by atoms with Crippen molar-refractivity contribution in [2.45, 2.75) is 0 Å². The lowest BCUT2D eigenvalue weighted by molar-refractivity contribution is 0.0696. The van der Waals surface area contributed by atoms with Crippen LogP contribution in [0.2, 0.25) is 0 Å². The normalized spacial score (nSPS) is 9.63. The van der Waals surface area contributed by atoms with E-state index in [2.05, 4.69) is 0 Å². The van der Waals surface area contributed by atoms with Crippen LogP contribution in [0.25, 0.3) is 0 Å². The molecule has 0 saturated carbocycles. The van der Waals surface area contributed by atoms with Crippen molar-refractivity contribution in [3.8, 4) is 23.3 Å². The second-order valence-corrected chi connectivity index (χ2v) is 3.76. The molecule has 0 bridgehead atoms. The summed E-state index contributed by atoms with van der Waals surface area (Å²) in [6.07, 6.45) is 0. The Bertz CT molecular complexity index is 656. The summed E-state index contributed by atoms with van der Waals surface area (Å²) in [4.78, 5) is 10.8. The first kappa shape index (κ1) is 12.5. The zero-order chi connectivity index (χ0) is 13.8. The monoisotopic (exact) mass is 255 g/mol. The number of nitrogens with zero attached hydrogens (tertiary/aromatic N) is 1. The van der Waals surface area contributed by atoms with E-state index < -0.39 is 5.97 Å². The summed E-state index contributed by atoms with van der Waals surface area (Å²) >= 11 is 0. The minimum Gasteiger partial charge on any atom is -0.508 e. The molecular formula is C14H9NO4. The number of aromatic hydroxyl groups is 1. The summed E-state index contributed by atoms with van der Waals surface area (Å²) in [6, 6.07) is 12.1. The molecule has 94 valence electrons. The number of hydrogen-bond donors (Lipinski definition) is 2. The van der Waals surface area contributed by atoms with E-state index in [1.165, 1.54) is 12.1 Å². The summed E-state index contributed by atoms with van der Waals surface area (Å²) < 4.78 is 5.42. The molecule has 0 amide bonds. The van der Waals surface area contributed by atoms with Gasteiger partial charge in [-0.15, -0.1) is 0 Å². The molecule has 5 nitrogen and oxygen atoms in total. The Hall–Kier alpha value is -3.00. The Morgan fingerprint density at radius 3 is 2.37 bits per heavy atom. The quantitative estimate of drug-likeness (QED) is 0.879. The fraction of sp³-hybridized carbons (Fsp3) is 0. The number of carboxylic acid groups (broad SMARTS) is 1. The first-order valence-electron chi connectivity index (χ1n) is 5.34. The first-order valence-corrected chi connectivity index (χ1v) is 5.34. The lowest BCUT2D eigenvalue weighted by Gasteiger charge is -2.07. The Morgan fingerprint density at radius 1 is 1.11 bits per heavy atom. The number of nitriles is 1. The van der Waals surface area contributed by atoms with Crippen LogP contribution in [0, 0.1) is 11.3 Å². The van der Waals surface area contributed by atoms with E-state index in [4.69, 9.17) is 15.1 Å². The van der Waals surface area contributed by atoms with Gasteiger partial charge in [-0.2, -0.15) is 5.26 Å². The summed E-state index contributed by atoms with van der Waals surface area (Å²) in [6.45, 7) is 0. The van der Waals surface area contributed by atoms with Gasteiger partial charge in [0.15, 0.2) is 0 Å². The van der Waals surface area contributed by atoms with Crippen molar-refractivity contribution in [1.82, 2.24) is 0 Å². The van der Waals surface area contributed by atoms with Crippen LogP contribution in [0.3, 0.4) is 0 Å². The van der Waals surface area contributed by atoms with Gasteiger partial charge in [0.1, 0.15) is 17.2 Å². The average molecular weight is 255 g/mol. The second kappa shape index (κ2) is 5.10. The van der Waals surface area contributed by atoms with Crippen LogP contribution in [0.5, 0.6) is 17.2 Å². The predicted molar refractivity (Wildman–Crippen MR) is 66.3 cm³/mol. The number of hydrogen-bond acceptors (Lipinski definition) is 4. The van der Waals surface area contributed by atoms with Crippen molar-refractivity contribution in [3.05, 3.63) is 53.6 Å². The van der Waals surface area contributed by atoms with Gasteiger partial charge in [0.2, 0.25) is 0 Å². The van der Waals surface area contributed by atoms with Crippen LogP contribution < -0.4 is 4.74 Å². The number of phenols is 1. The van der Waals surface area contributed by atoms with Crippen LogP contribution in [-0.2, 0) is 0 Å². The molecule has 2 aromatic rings. The molecule has 0 unspecified atom stereocenters. The van der Waals surface area contributed by atoms with E-state index in [1.807, 2.05) is 6.07 Å². The van der Waals surface area contributed by atoms with Gasteiger partial charge in [-0.3, -0.25) is 0 Å². The van der Waals surface area contributed by atoms with Crippen LogP contribution in [0.15, 0.2) is 42.5 Å². The van der Waals surface area contributed by atoms with Gasteiger partial charge in [-0.25, -0.2) is 4.79 Å². The summed E-state index contributed by atoms with van der Waals surface area (Å²) in [5.41, 5.74) is 0.429. The molecular weight excluding hydrogens is 246 g/mol. The predicted octanol–water partition coefficient (Wildman–Crippen LogP) is 2.75. The third-order valence-electron chi connectivity index (χ3n) is 2.36. The fourth-order valence-corrected chi connectivity index (χ4v) is 1.50. The number of rotatable bonds is 3. The topological polar surface area (TPSA) is 90.5 Å². The van der Waals surface area contributed by atoms with Crippen molar-refractivity contribution in [2.24, 2.45) is 0 Å². The molecule has 0 heterocycles. The Balaban J connectivity index is 2.27. The minimum atomic E-state index is -1.15. The number of carbonyl (C=O) groups is 1. The standard InChI is InChI=1S/C14H9NO4/c15-8-9-1-3-12(4-2-9)19-13-6-10(14(17)18)5-11(16)7-13/h1-7,16H,(H,17,18). The molecule has 0 aliphatic heterocycles. The Kier molecular flexibility index (Phi) is 3.35. The van der Waals surface area contributed by atoms with Crippen LogP contribution in [0.1, 0.15) is 15.9 Å². The van der Waals surface area contributed by atoms with Gasteiger partial charge in [-0.05, 0) is 36.4 Å². The highest BCUT2D eigenvalue weighted by molar-refractivity contribution is 5.88. The number of ether oxygens (including phenoxy) is 1. The fourth-order valence-electron chi connectivity index (χ4n) is 1.50. The molecule has 5 heteroatoms. The largest absolute Gasteiger partial charge is 0.508 e. The van der Waals surface area contributed by atoms with Gasteiger partial charge >= 0.3 is 5.97 Å². The van der Waals surface area contributed by atoms with Gasteiger partial charge < -0.3 is 14.9 Å². The van der Waals surface area contributed by atoms with Crippen LogP contribution >= 0.6 is 0 Å². The zero-order valence-electron chi connectivity index (χ0n) is 9.70.